The van der Waals surface area contributed by atoms with Gasteiger partial charge < -0.3 is 16.2 Å². The number of nitrogen functional groups attached to an aromatic ring is 1. The van der Waals surface area contributed by atoms with Gasteiger partial charge in [-0.3, -0.25) is 0 Å². The quantitative estimate of drug-likeness (QED) is 0.163. The Labute approximate surface area is 178 Å². The second kappa shape index (κ2) is 17.2. The summed E-state index contributed by atoms with van der Waals surface area (Å²) < 4.78 is 0. The normalized spacial score (nSPS) is 10.9. The predicted molar refractivity (Wildman–Crippen MR) is 126 cm³/mol. The number of hydrogen-bond acceptors (Lipinski definition) is 3. The van der Waals surface area contributed by atoms with Crippen LogP contribution in [0.15, 0.2) is 18.2 Å². The minimum Gasteiger partial charge on any atom is -0.478 e. The Morgan fingerprint density at radius 1 is 0.759 bits per heavy atom. The third-order valence-electron chi connectivity index (χ3n) is 5.56. The molecule has 166 valence electrons. The SMILES string of the molecule is CCCCCCCCCCCCCCCCCCNc1cc(N)cc(C(=O)O)c1. The van der Waals surface area contributed by atoms with Gasteiger partial charge in [-0.15, -0.1) is 0 Å². The summed E-state index contributed by atoms with van der Waals surface area (Å²) in [4.78, 5) is 11.1. The zero-order valence-corrected chi connectivity index (χ0v) is 18.7. The Kier molecular flexibility index (Phi) is 15.0. The first-order chi connectivity index (χ1) is 14.1. The van der Waals surface area contributed by atoms with Crippen molar-refractivity contribution in [2.24, 2.45) is 0 Å². The van der Waals surface area contributed by atoms with Gasteiger partial charge in [-0.1, -0.05) is 103 Å². The molecule has 0 aromatic heterocycles. The van der Waals surface area contributed by atoms with E-state index in [1.165, 1.54) is 102 Å². The summed E-state index contributed by atoms with van der Waals surface area (Å²) in [5.74, 6) is -0.942. The number of carbonyl (C=O) groups is 1. The maximum absolute atomic E-state index is 11.1. The molecule has 0 aliphatic heterocycles. The van der Waals surface area contributed by atoms with E-state index in [0.717, 1.165) is 18.7 Å². The van der Waals surface area contributed by atoms with Crippen LogP contribution in [0.5, 0.6) is 0 Å². The molecule has 29 heavy (non-hydrogen) atoms. The molecule has 0 amide bonds. The molecule has 0 spiro atoms. The van der Waals surface area contributed by atoms with E-state index in [1.807, 2.05) is 0 Å². The predicted octanol–water partition coefficient (Wildman–Crippen LogP) is 7.64. The third-order valence-corrected chi connectivity index (χ3v) is 5.56. The van der Waals surface area contributed by atoms with Gasteiger partial charge in [-0.2, -0.15) is 0 Å². The maximum atomic E-state index is 11.1. The highest BCUT2D eigenvalue weighted by atomic mass is 16.4. The van der Waals surface area contributed by atoms with E-state index in [9.17, 15) is 4.79 Å². The third kappa shape index (κ3) is 14.0. The van der Waals surface area contributed by atoms with Crippen molar-refractivity contribution >= 4 is 17.3 Å². The Hall–Kier alpha value is -1.71. The van der Waals surface area contributed by atoms with E-state index in [2.05, 4.69) is 12.2 Å². The van der Waals surface area contributed by atoms with Crippen molar-refractivity contribution in [1.29, 1.82) is 0 Å². The molecule has 0 bridgehead atoms. The molecular formula is C25H44N2O2. The van der Waals surface area contributed by atoms with Gasteiger partial charge in [-0.25, -0.2) is 4.79 Å². The number of carboxylic acid groups (broad SMARTS) is 1. The number of nitrogens with two attached hydrogens (primary N) is 1. The summed E-state index contributed by atoms with van der Waals surface area (Å²) in [7, 11) is 0. The van der Waals surface area contributed by atoms with Gasteiger partial charge in [0.05, 0.1) is 5.56 Å². The molecule has 0 aliphatic carbocycles. The molecule has 4 nitrogen and oxygen atoms in total. The van der Waals surface area contributed by atoms with Crippen LogP contribution >= 0.6 is 0 Å². The largest absolute Gasteiger partial charge is 0.478 e. The number of hydrogen-bond donors (Lipinski definition) is 3. The van der Waals surface area contributed by atoms with Crippen LogP contribution in [0, 0.1) is 0 Å². The standard InChI is InChI=1S/C25H44N2O2/c1-2-3-4-5-6-7-8-9-10-11-12-13-14-15-16-17-18-27-24-20-22(25(28)29)19-23(26)21-24/h19-21,27H,2-18,26H2,1H3,(H,28,29). The first-order valence-electron chi connectivity index (χ1n) is 12.0. The molecule has 0 fully saturated rings. The first-order valence-corrected chi connectivity index (χ1v) is 12.0. The molecular weight excluding hydrogens is 360 g/mol. The minimum atomic E-state index is -0.942. The summed E-state index contributed by atoms with van der Waals surface area (Å²) in [5, 5.41) is 12.4. The smallest absolute Gasteiger partial charge is 0.335 e. The first kappa shape index (κ1) is 25.3. The number of rotatable bonds is 19. The van der Waals surface area contributed by atoms with Crippen molar-refractivity contribution in [3.05, 3.63) is 23.8 Å². The van der Waals surface area contributed by atoms with E-state index < -0.39 is 5.97 Å². The van der Waals surface area contributed by atoms with Crippen LogP contribution in [0.25, 0.3) is 0 Å². The van der Waals surface area contributed by atoms with Gasteiger partial charge in [-0.05, 0) is 24.6 Å². The molecule has 1 aromatic rings. The summed E-state index contributed by atoms with van der Waals surface area (Å²) >= 11 is 0. The number of nitrogens with one attached hydrogen (secondary N) is 1. The fourth-order valence-corrected chi connectivity index (χ4v) is 3.78. The Balaban J connectivity index is 1.87. The number of carboxylic acids is 1. The van der Waals surface area contributed by atoms with Crippen LogP contribution in [0.4, 0.5) is 11.4 Å². The molecule has 4 heteroatoms. The van der Waals surface area contributed by atoms with Crippen molar-refractivity contribution < 1.29 is 9.90 Å². The van der Waals surface area contributed by atoms with Crippen LogP contribution < -0.4 is 11.1 Å². The van der Waals surface area contributed by atoms with Crippen LogP contribution in [-0.4, -0.2) is 17.6 Å². The van der Waals surface area contributed by atoms with E-state index >= 15 is 0 Å². The monoisotopic (exact) mass is 404 g/mol. The van der Waals surface area contributed by atoms with Gasteiger partial charge in [0.15, 0.2) is 0 Å². The number of benzene rings is 1. The van der Waals surface area contributed by atoms with Crippen molar-refractivity contribution in [2.75, 3.05) is 17.6 Å². The topological polar surface area (TPSA) is 75.3 Å². The molecule has 4 N–H and O–H groups in total. The Morgan fingerprint density at radius 2 is 1.21 bits per heavy atom. The lowest BCUT2D eigenvalue weighted by atomic mass is 10.0. The van der Waals surface area contributed by atoms with Crippen LogP contribution in [0.2, 0.25) is 0 Å². The lowest BCUT2D eigenvalue weighted by molar-refractivity contribution is 0.0697. The van der Waals surface area contributed by atoms with E-state index in [0.29, 0.717) is 5.69 Å². The average Bonchev–Trinajstić information content (AvgIpc) is 2.70. The zero-order chi connectivity index (χ0) is 21.2. The maximum Gasteiger partial charge on any atom is 0.335 e. The molecule has 0 unspecified atom stereocenters. The van der Waals surface area contributed by atoms with Gasteiger partial charge >= 0.3 is 5.97 Å². The second-order valence-electron chi connectivity index (χ2n) is 8.38. The second-order valence-corrected chi connectivity index (χ2v) is 8.38. The fourth-order valence-electron chi connectivity index (χ4n) is 3.78. The van der Waals surface area contributed by atoms with Crippen LogP contribution in [-0.2, 0) is 0 Å². The highest BCUT2D eigenvalue weighted by Gasteiger charge is 2.05. The van der Waals surface area contributed by atoms with Crippen LogP contribution in [0.3, 0.4) is 0 Å². The summed E-state index contributed by atoms with van der Waals surface area (Å²) in [5.41, 5.74) is 7.28. The Bertz CT molecular complexity index is 546. The number of aromatic carboxylic acids is 1. The minimum absolute atomic E-state index is 0.236. The van der Waals surface area contributed by atoms with Crippen molar-refractivity contribution in [2.45, 2.75) is 110 Å². The average molecular weight is 405 g/mol. The van der Waals surface area contributed by atoms with E-state index in [4.69, 9.17) is 10.8 Å². The van der Waals surface area contributed by atoms with Crippen LogP contribution in [0.1, 0.15) is 120 Å². The molecule has 0 aliphatic rings. The van der Waals surface area contributed by atoms with Gasteiger partial charge in [0.25, 0.3) is 0 Å². The lowest BCUT2D eigenvalue weighted by Gasteiger charge is -2.08. The summed E-state index contributed by atoms with van der Waals surface area (Å²) in [6.07, 6.45) is 21.9. The highest BCUT2D eigenvalue weighted by Crippen LogP contribution is 2.17. The number of unbranched alkanes of at least 4 members (excludes halogenated alkanes) is 15. The van der Waals surface area contributed by atoms with Crippen molar-refractivity contribution in [3.63, 3.8) is 0 Å². The van der Waals surface area contributed by atoms with Gasteiger partial charge in [0, 0.05) is 17.9 Å². The highest BCUT2D eigenvalue weighted by molar-refractivity contribution is 5.90. The molecule has 0 radical (unpaired) electrons. The van der Waals surface area contributed by atoms with E-state index in [1.54, 1.807) is 12.1 Å². The summed E-state index contributed by atoms with van der Waals surface area (Å²) in [6, 6.07) is 4.92. The fraction of sp³-hybridized carbons (Fsp3) is 0.720. The van der Waals surface area contributed by atoms with E-state index in [-0.39, 0.29) is 5.56 Å². The molecule has 1 rings (SSSR count). The van der Waals surface area contributed by atoms with Gasteiger partial charge in [0.1, 0.15) is 0 Å². The molecule has 0 atom stereocenters. The van der Waals surface area contributed by atoms with Gasteiger partial charge in [0.2, 0.25) is 0 Å². The van der Waals surface area contributed by atoms with Crippen molar-refractivity contribution in [1.82, 2.24) is 0 Å². The molecule has 0 saturated heterocycles. The molecule has 1 aromatic carbocycles. The van der Waals surface area contributed by atoms with Crippen molar-refractivity contribution in [3.8, 4) is 0 Å². The molecule has 0 saturated carbocycles. The Morgan fingerprint density at radius 3 is 1.66 bits per heavy atom. The lowest BCUT2D eigenvalue weighted by Crippen LogP contribution is -2.05. The molecule has 0 heterocycles. The number of anilines is 2. The zero-order valence-electron chi connectivity index (χ0n) is 18.7. The summed E-state index contributed by atoms with van der Waals surface area (Å²) in [6.45, 7) is 3.14.